The number of nitrogens with zero attached hydrogens (tertiary/aromatic N) is 3. The Morgan fingerprint density at radius 1 is 1.03 bits per heavy atom. The largest absolute Gasteiger partial charge is 0.351 e. The van der Waals surface area contributed by atoms with Crippen molar-refractivity contribution in [2.75, 3.05) is 4.90 Å². The van der Waals surface area contributed by atoms with Crippen LogP contribution in [0.2, 0.25) is 0 Å². The predicted molar refractivity (Wildman–Crippen MR) is 140 cm³/mol. The van der Waals surface area contributed by atoms with Crippen LogP contribution in [0.25, 0.3) is 17.0 Å². The molecule has 5 nitrogen and oxygen atoms in total. The second-order valence-corrected chi connectivity index (χ2v) is 8.97. The zero-order valence-electron chi connectivity index (χ0n) is 19.7. The van der Waals surface area contributed by atoms with Gasteiger partial charge in [-0.25, -0.2) is 4.39 Å². The van der Waals surface area contributed by atoms with Crippen molar-refractivity contribution in [3.05, 3.63) is 107 Å². The fourth-order valence-corrected chi connectivity index (χ4v) is 4.78. The molecule has 35 heavy (non-hydrogen) atoms. The number of aromatic nitrogens is 2. The first-order valence-electron chi connectivity index (χ1n) is 11.5. The predicted octanol–water partition coefficient (Wildman–Crippen LogP) is 6.61. The van der Waals surface area contributed by atoms with Gasteiger partial charge in [-0.1, -0.05) is 60.1 Å². The average Bonchev–Trinajstić information content (AvgIpc) is 3.34. The van der Waals surface area contributed by atoms with Gasteiger partial charge in [0.2, 0.25) is 5.82 Å². The van der Waals surface area contributed by atoms with Gasteiger partial charge in [-0.3, -0.25) is 4.90 Å². The van der Waals surface area contributed by atoms with E-state index in [0.717, 1.165) is 40.1 Å². The standard InChI is InChI=1S/C28H25FN4OS/c1-4-19-9-6-13-23(15-19)33-18(3)24(25(30-28(33)35)20-10-7-12-22(29)16-20)27-31-26(32-34-27)21-11-5-8-17(2)14-21/h5-16,25H,4H2,1-3H3,(H,30,35). The van der Waals surface area contributed by atoms with Gasteiger partial charge in [0.1, 0.15) is 5.82 Å². The molecule has 0 aliphatic carbocycles. The van der Waals surface area contributed by atoms with Gasteiger partial charge in [-0.05, 0) is 73.9 Å². The highest BCUT2D eigenvalue weighted by molar-refractivity contribution is 7.80. The molecule has 1 atom stereocenters. The highest BCUT2D eigenvalue weighted by Crippen LogP contribution is 2.39. The van der Waals surface area contributed by atoms with Crippen molar-refractivity contribution in [3.8, 4) is 11.4 Å². The van der Waals surface area contributed by atoms with E-state index >= 15 is 0 Å². The topological polar surface area (TPSA) is 54.2 Å². The van der Waals surface area contributed by atoms with Crippen LogP contribution < -0.4 is 10.2 Å². The van der Waals surface area contributed by atoms with Crippen LogP contribution in [0.5, 0.6) is 0 Å². The summed E-state index contributed by atoms with van der Waals surface area (Å²) in [5.41, 5.74) is 6.42. The molecule has 1 N–H and O–H groups in total. The normalized spacial score (nSPS) is 15.9. The van der Waals surface area contributed by atoms with Crippen LogP contribution in [0.1, 0.15) is 42.5 Å². The van der Waals surface area contributed by atoms with Crippen molar-refractivity contribution in [1.29, 1.82) is 0 Å². The van der Waals surface area contributed by atoms with E-state index in [2.05, 4.69) is 29.5 Å². The molecule has 0 saturated heterocycles. The number of benzene rings is 3. The van der Waals surface area contributed by atoms with E-state index in [4.69, 9.17) is 21.7 Å². The zero-order chi connectivity index (χ0) is 24.5. The van der Waals surface area contributed by atoms with Gasteiger partial charge in [-0.15, -0.1) is 0 Å². The van der Waals surface area contributed by atoms with E-state index in [-0.39, 0.29) is 5.82 Å². The SMILES string of the molecule is CCc1cccc(N2C(=S)NC(c3cccc(F)c3)C(c3nc(-c4cccc(C)c4)no3)=C2C)c1. The number of aryl methyl sites for hydroxylation is 2. The lowest BCUT2D eigenvalue weighted by Crippen LogP contribution is -2.46. The fraction of sp³-hybridized carbons (Fsp3) is 0.179. The van der Waals surface area contributed by atoms with Gasteiger partial charge < -0.3 is 9.84 Å². The van der Waals surface area contributed by atoms with Gasteiger partial charge in [0.25, 0.3) is 5.89 Å². The lowest BCUT2D eigenvalue weighted by Gasteiger charge is -2.37. The van der Waals surface area contributed by atoms with E-state index < -0.39 is 6.04 Å². The van der Waals surface area contributed by atoms with Gasteiger partial charge in [0, 0.05) is 16.9 Å². The molecule has 2 heterocycles. The molecule has 7 heteroatoms. The summed E-state index contributed by atoms with van der Waals surface area (Å²) in [6.45, 7) is 6.11. The zero-order valence-corrected chi connectivity index (χ0v) is 20.6. The number of hydrogen-bond acceptors (Lipinski definition) is 4. The Morgan fingerprint density at radius 3 is 2.60 bits per heavy atom. The first-order valence-corrected chi connectivity index (χ1v) is 11.9. The quantitative estimate of drug-likeness (QED) is 0.322. The Hall–Kier alpha value is -3.84. The van der Waals surface area contributed by atoms with E-state index in [9.17, 15) is 4.39 Å². The Labute approximate surface area is 209 Å². The molecule has 4 aromatic rings. The first kappa shape index (κ1) is 22.9. The molecule has 0 amide bonds. The third-order valence-corrected chi connectivity index (χ3v) is 6.48. The van der Waals surface area contributed by atoms with Gasteiger partial charge >= 0.3 is 0 Å². The second kappa shape index (κ2) is 9.43. The minimum atomic E-state index is -0.449. The van der Waals surface area contributed by atoms with Crippen LogP contribution in [0.15, 0.2) is 83.0 Å². The molecule has 1 aromatic heterocycles. The summed E-state index contributed by atoms with van der Waals surface area (Å²) in [6.07, 6.45) is 0.910. The molecule has 1 aliphatic heterocycles. The average molecular weight is 485 g/mol. The molecular formula is C28H25FN4OS. The first-order chi connectivity index (χ1) is 16.9. The van der Waals surface area contributed by atoms with E-state index in [1.54, 1.807) is 6.07 Å². The summed E-state index contributed by atoms with van der Waals surface area (Å²) in [5.74, 6) is 0.533. The van der Waals surface area contributed by atoms with Crippen LogP contribution in [-0.4, -0.2) is 15.3 Å². The van der Waals surface area contributed by atoms with Crippen molar-refractivity contribution < 1.29 is 8.91 Å². The smallest absolute Gasteiger partial charge is 0.258 e. The van der Waals surface area contributed by atoms with E-state index in [0.29, 0.717) is 16.8 Å². The molecule has 0 fully saturated rings. The monoisotopic (exact) mass is 484 g/mol. The van der Waals surface area contributed by atoms with Crippen LogP contribution in [0.3, 0.4) is 0 Å². The molecule has 1 aliphatic rings. The molecular weight excluding hydrogens is 459 g/mol. The summed E-state index contributed by atoms with van der Waals surface area (Å²) >= 11 is 5.79. The Kier molecular flexibility index (Phi) is 6.17. The summed E-state index contributed by atoms with van der Waals surface area (Å²) in [6, 6.07) is 22.2. The fourth-order valence-electron chi connectivity index (χ4n) is 4.42. The maximum absolute atomic E-state index is 14.2. The number of halogens is 1. The second-order valence-electron chi connectivity index (χ2n) is 8.59. The molecule has 1 unspecified atom stereocenters. The van der Waals surface area contributed by atoms with Crippen molar-refractivity contribution >= 4 is 28.6 Å². The summed E-state index contributed by atoms with van der Waals surface area (Å²) in [4.78, 5) is 6.71. The lowest BCUT2D eigenvalue weighted by atomic mass is 9.94. The molecule has 5 rings (SSSR count). The Balaban J connectivity index is 1.67. The maximum atomic E-state index is 14.2. The van der Waals surface area contributed by atoms with Crippen LogP contribution in [-0.2, 0) is 6.42 Å². The minimum Gasteiger partial charge on any atom is -0.351 e. The number of anilines is 1. The number of hydrogen-bond donors (Lipinski definition) is 1. The highest BCUT2D eigenvalue weighted by Gasteiger charge is 2.35. The van der Waals surface area contributed by atoms with Crippen molar-refractivity contribution in [3.63, 3.8) is 0 Å². The third kappa shape index (κ3) is 4.47. The molecule has 0 radical (unpaired) electrons. The Morgan fingerprint density at radius 2 is 1.83 bits per heavy atom. The van der Waals surface area contributed by atoms with Crippen molar-refractivity contribution in [1.82, 2.24) is 15.5 Å². The minimum absolute atomic E-state index is 0.323. The molecule has 3 aromatic carbocycles. The molecule has 0 saturated carbocycles. The van der Waals surface area contributed by atoms with Gasteiger partial charge in [-0.2, -0.15) is 4.98 Å². The lowest BCUT2D eigenvalue weighted by molar-refractivity contribution is 0.404. The highest BCUT2D eigenvalue weighted by atomic mass is 32.1. The molecule has 176 valence electrons. The molecule has 0 spiro atoms. The number of thiocarbonyl (C=S) groups is 1. The summed E-state index contributed by atoms with van der Waals surface area (Å²) in [5, 5.41) is 8.16. The van der Waals surface area contributed by atoms with Crippen molar-refractivity contribution in [2.45, 2.75) is 33.2 Å². The summed E-state index contributed by atoms with van der Waals surface area (Å²) < 4.78 is 20.0. The van der Waals surface area contributed by atoms with Crippen LogP contribution in [0, 0.1) is 12.7 Å². The van der Waals surface area contributed by atoms with E-state index in [1.165, 1.54) is 17.7 Å². The summed E-state index contributed by atoms with van der Waals surface area (Å²) in [7, 11) is 0. The third-order valence-electron chi connectivity index (χ3n) is 6.18. The van der Waals surface area contributed by atoms with Gasteiger partial charge in [0.15, 0.2) is 5.11 Å². The number of nitrogens with one attached hydrogen (secondary N) is 1. The Bertz CT molecular complexity index is 1440. The van der Waals surface area contributed by atoms with E-state index in [1.807, 2.05) is 61.2 Å². The number of rotatable bonds is 5. The van der Waals surface area contributed by atoms with Gasteiger partial charge in [0.05, 0.1) is 11.6 Å². The number of allylic oxidation sites excluding steroid dienone is 1. The van der Waals surface area contributed by atoms with Crippen molar-refractivity contribution in [2.24, 2.45) is 0 Å². The van der Waals surface area contributed by atoms with Crippen LogP contribution in [0.4, 0.5) is 10.1 Å². The maximum Gasteiger partial charge on any atom is 0.258 e. The van der Waals surface area contributed by atoms with Crippen LogP contribution >= 0.6 is 12.2 Å². The molecule has 0 bridgehead atoms.